The van der Waals surface area contributed by atoms with Gasteiger partial charge in [0.05, 0.1) is 0 Å². The highest BCUT2D eigenvalue weighted by molar-refractivity contribution is 5.80. The van der Waals surface area contributed by atoms with E-state index in [4.69, 9.17) is 0 Å². The molecule has 1 aliphatic carbocycles. The Bertz CT molecular complexity index is 633. The van der Waals surface area contributed by atoms with Crippen LogP contribution in [0.2, 0.25) is 0 Å². The van der Waals surface area contributed by atoms with E-state index in [0.717, 1.165) is 56.1 Å². The number of likely N-dealkylation sites (tertiary alicyclic amines) is 1. The summed E-state index contributed by atoms with van der Waals surface area (Å²) in [5.41, 5.74) is 0. The van der Waals surface area contributed by atoms with Gasteiger partial charge >= 0.3 is 0 Å². The van der Waals surface area contributed by atoms with Crippen molar-refractivity contribution in [2.24, 2.45) is 16.8 Å². The predicted molar refractivity (Wildman–Crippen MR) is 98.6 cm³/mol. The number of aromatic nitrogens is 3. The van der Waals surface area contributed by atoms with Crippen LogP contribution in [0.25, 0.3) is 0 Å². The van der Waals surface area contributed by atoms with Crippen molar-refractivity contribution >= 4 is 5.96 Å². The summed E-state index contributed by atoms with van der Waals surface area (Å²) in [4.78, 5) is 7.10. The van der Waals surface area contributed by atoms with E-state index in [2.05, 4.69) is 42.2 Å². The molecule has 7 heteroatoms. The van der Waals surface area contributed by atoms with Crippen molar-refractivity contribution in [3.05, 3.63) is 11.6 Å². The summed E-state index contributed by atoms with van der Waals surface area (Å²) >= 11 is 0. The number of aliphatic imine (C=N–C) groups is 1. The number of guanidine groups is 1. The molecule has 2 fully saturated rings. The maximum Gasteiger partial charge on any atom is 0.191 e. The number of fused-ring (bicyclic) bond motifs is 1. The molecule has 0 amide bonds. The average Bonchev–Trinajstić information content (AvgIpc) is 3.32. The van der Waals surface area contributed by atoms with Gasteiger partial charge in [0.15, 0.2) is 5.96 Å². The zero-order valence-corrected chi connectivity index (χ0v) is 15.7. The second-order valence-corrected chi connectivity index (χ2v) is 8.05. The first-order valence-electron chi connectivity index (χ1n) is 9.74. The van der Waals surface area contributed by atoms with Gasteiger partial charge < -0.3 is 15.2 Å². The molecule has 0 bridgehead atoms. The quantitative estimate of drug-likeness (QED) is 0.624. The van der Waals surface area contributed by atoms with Gasteiger partial charge in [0.25, 0.3) is 0 Å². The summed E-state index contributed by atoms with van der Waals surface area (Å²) < 4.78 is 2.26. The number of nitrogens with one attached hydrogen (secondary N) is 2. The Hall–Kier alpha value is -1.63. The Kier molecular flexibility index (Phi) is 4.67. The van der Waals surface area contributed by atoms with E-state index in [1.807, 2.05) is 14.0 Å². The largest absolute Gasteiger partial charge is 0.356 e. The van der Waals surface area contributed by atoms with Crippen molar-refractivity contribution in [1.29, 1.82) is 0 Å². The van der Waals surface area contributed by atoms with Crippen LogP contribution in [0.1, 0.15) is 37.8 Å². The summed E-state index contributed by atoms with van der Waals surface area (Å²) in [6.45, 7) is 8.72. The number of hydrogen-bond donors (Lipinski definition) is 2. The minimum absolute atomic E-state index is 0.504. The molecule has 3 unspecified atom stereocenters. The second kappa shape index (κ2) is 6.94. The highest BCUT2D eigenvalue weighted by atomic mass is 15.3. The fraction of sp³-hybridized carbons (Fsp3) is 0.833. The Labute approximate surface area is 150 Å². The molecule has 1 aromatic rings. The van der Waals surface area contributed by atoms with Crippen molar-refractivity contribution in [2.45, 2.75) is 58.2 Å². The lowest BCUT2D eigenvalue weighted by molar-refractivity contribution is 0.315. The molecule has 2 N–H and O–H groups in total. The van der Waals surface area contributed by atoms with E-state index in [1.54, 1.807) is 0 Å². The lowest BCUT2D eigenvalue weighted by Crippen LogP contribution is -2.48. The fourth-order valence-electron chi connectivity index (χ4n) is 4.24. The zero-order chi connectivity index (χ0) is 17.4. The van der Waals surface area contributed by atoms with Gasteiger partial charge in [-0.25, -0.2) is 0 Å². The molecule has 2 aliphatic heterocycles. The SMILES string of the molecule is CN=C(NCC1CCc2nnc(C)n2C1)NC1CN(C2CC2)CC1C. The van der Waals surface area contributed by atoms with E-state index in [9.17, 15) is 0 Å². The first-order valence-corrected chi connectivity index (χ1v) is 9.74. The van der Waals surface area contributed by atoms with Crippen LogP contribution in [0.15, 0.2) is 4.99 Å². The van der Waals surface area contributed by atoms with Crippen LogP contribution in [0, 0.1) is 18.8 Å². The maximum absolute atomic E-state index is 4.45. The molecule has 1 saturated heterocycles. The van der Waals surface area contributed by atoms with E-state index in [1.165, 1.54) is 19.4 Å². The van der Waals surface area contributed by atoms with Gasteiger partial charge in [-0.1, -0.05) is 6.92 Å². The van der Waals surface area contributed by atoms with Crippen LogP contribution >= 0.6 is 0 Å². The van der Waals surface area contributed by atoms with Crippen molar-refractivity contribution in [2.75, 3.05) is 26.7 Å². The minimum Gasteiger partial charge on any atom is -0.356 e. The van der Waals surface area contributed by atoms with Gasteiger partial charge in [0.2, 0.25) is 0 Å². The summed E-state index contributed by atoms with van der Waals surface area (Å²) in [6.07, 6.45) is 4.96. The molecule has 0 radical (unpaired) electrons. The molecular weight excluding hydrogens is 314 g/mol. The topological polar surface area (TPSA) is 70.4 Å². The summed E-state index contributed by atoms with van der Waals surface area (Å²) in [6, 6.07) is 1.36. The first kappa shape index (κ1) is 16.8. The smallest absolute Gasteiger partial charge is 0.191 e. The van der Waals surface area contributed by atoms with Gasteiger partial charge in [-0.2, -0.15) is 0 Å². The lowest BCUT2D eigenvalue weighted by atomic mass is 9.99. The fourth-order valence-corrected chi connectivity index (χ4v) is 4.24. The Morgan fingerprint density at radius 2 is 2.04 bits per heavy atom. The Morgan fingerprint density at radius 3 is 2.80 bits per heavy atom. The highest BCUT2D eigenvalue weighted by Gasteiger charge is 2.38. The van der Waals surface area contributed by atoms with Gasteiger partial charge in [0.1, 0.15) is 11.6 Å². The zero-order valence-electron chi connectivity index (χ0n) is 15.7. The van der Waals surface area contributed by atoms with E-state index in [-0.39, 0.29) is 0 Å². The molecule has 1 saturated carbocycles. The van der Waals surface area contributed by atoms with Gasteiger partial charge in [0, 0.05) is 51.7 Å². The molecule has 0 spiro atoms. The molecule has 138 valence electrons. The molecule has 0 aromatic carbocycles. The Balaban J connectivity index is 1.27. The molecule has 1 aromatic heterocycles. The van der Waals surface area contributed by atoms with Crippen molar-refractivity contribution in [1.82, 2.24) is 30.3 Å². The number of rotatable bonds is 4. The van der Waals surface area contributed by atoms with E-state index in [0.29, 0.717) is 17.9 Å². The van der Waals surface area contributed by atoms with Gasteiger partial charge in [-0.05, 0) is 38.0 Å². The minimum atomic E-state index is 0.504. The molecule has 3 atom stereocenters. The normalized spacial score (nSPS) is 30.4. The third-order valence-electron chi connectivity index (χ3n) is 6.04. The molecule has 4 rings (SSSR count). The van der Waals surface area contributed by atoms with Crippen LogP contribution in [-0.2, 0) is 13.0 Å². The average molecular weight is 345 g/mol. The van der Waals surface area contributed by atoms with Gasteiger partial charge in [-0.3, -0.25) is 9.89 Å². The Morgan fingerprint density at radius 1 is 1.20 bits per heavy atom. The third-order valence-corrected chi connectivity index (χ3v) is 6.04. The number of nitrogens with zero attached hydrogens (tertiary/aromatic N) is 5. The summed E-state index contributed by atoms with van der Waals surface area (Å²) in [7, 11) is 1.87. The molecule has 25 heavy (non-hydrogen) atoms. The van der Waals surface area contributed by atoms with Crippen LogP contribution in [0.4, 0.5) is 0 Å². The van der Waals surface area contributed by atoms with Crippen molar-refractivity contribution < 1.29 is 0 Å². The van der Waals surface area contributed by atoms with E-state index >= 15 is 0 Å². The van der Waals surface area contributed by atoms with Gasteiger partial charge in [-0.15, -0.1) is 10.2 Å². The van der Waals surface area contributed by atoms with Crippen LogP contribution in [-0.4, -0.2) is 64.4 Å². The first-order chi connectivity index (χ1) is 12.1. The molecule has 3 heterocycles. The predicted octanol–water partition coefficient (Wildman–Crippen LogP) is 0.797. The second-order valence-electron chi connectivity index (χ2n) is 8.05. The van der Waals surface area contributed by atoms with Crippen molar-refractivity contribution in [3.8, 4) is 0 Å². The van der Waals surface area contributed by atoms with Crippen LogP contribution in [0.3, 0.4) is 0 Å². The third kappa shape index (κ3) is 3.66. The standard InChI is InChI=1S/C18H31N7/c1-12-9-24(15-5-6-15)11-16(12)21-18(19-3)20-8-14-4-7-17-23-22-13(2)25(17)10-14/h12,14-16H,4-11H2,1-3H3,(H2,19,20,21). The monoisotopic (exact) mass is 345 g/mol. The maximum atomic E-state index is 4.45. The highest BCUT2D eigenvalue weighted by Crippen LogP contribution is 2.31. The number of aryl methyl sites for hydroxylation is 2. The number of hydrogen-bond acceptors (Lipinski definition) is 4. The van der Waals surface area contributed by atoms with E-state index < -0.39 is 0 Å². The molecule has 7 nitrogen and oxygen atoms in total. The van der Waals surface area contributed by atoms with Crippen LogP contribution < -0.4 is 10.6 Å². The summed E-state index contributed by atoms with van der Waals surface area (Å²) in [5, 5.41) is 15.7. The lowest BCUT2D eigenvalue weighted by Gasteiger charge is -2.26. The van der Waals surface area contributed by atoms with Crippen molar-refractivity contribution in [3.63, 3.8) is 0 Å². The summed E-state index contributed by atoms with van der Waals surface area (Å²) in [5.74, 6) is 4.39. The molecule has 3 aliphatic rings. The van der Waals surface area contributed by atoms with Crippen LogP contribution in [0.5, 0.6) is 0 Å². The molecular formula is C18H31N7.